The lowest BCUT2D eigenvalue weighted by atomic mass is 9.91. The summed E-state index contributed by atoms with van der Waals surface area (Å²) in [5.74, 6) is 1.47. The second-order valence-corrected chi connectivity index (χ2v) is 6.75. The van der Waals surface area contributed by atoms with Crippen LogP contribution in [0, 0.1) is 0 Å². The van der Waals surface area contributed by atoms with Crippen LogP contribution < -0.4 is 25.6 Å². The molecular weight excluding hydrogens is 342 g/mol. The Hall–Kier alpha value is -2.57. The number of amides is 1. The van der Waals surface area contributed by atoms with Gasteiger partial charge in [-0.3, -0.25) is 10.2 Å². The molecule has 3 unspecified atom stereocenters. The van der Waals surface area contributed by atoms with E-state index in [2.05, 4.69) is 23.1 Å². The molecule has 27 heavy (non-hydrogen) atoms. The van der Waals surface area contributed by atoms with Gasteiger partial charge in [0.1, 0.15) is 6.17 Å². The third-order valence-electron chi connectivity index (χ3n) is 4.96. The Kier molecular flexibility index (Phi) is 6.32. The van der Waals surface area contributed by atoms with E-state index in [1.165, 1.54) is 0 Å². The van der Waals surface area contributed by atoms with Crippen LogP contribution >= 0.6 is 0 Å². The number of hydrogen-bond donors (Lipinski definition) is 3. The second-order valence-electron chi connectivity index (χ2n) is 6.75. The van der Waals surface area contributed by atoms with Gasteiger partial charge in [-0.25, -0.2) is 5.43 Å². The molecule has 6 heteroatoms. The Morgan fingerprint density at radius 3 is 2.48 bits per heavy atom. The molecule has 1 amide bonds. The zero-order valence-electron chi connectivity index (χ0n) is 16.0. The number of hydrogen-bond acceptors (Lipinski definition) is 5. The lowest BCUT2D eigenvalue weighted by molar-refractivity contribution is -0.122. The second kappa shape index (κ2) is 8.88. The summed E-state index contributed by atoms with van der Waals surface area (Å²) in [4.78, 5) is 12.5. The highest BCUT2D eigenvalue weighted by molar-refractivity contribution is 5.76. The standard InChI is InChI=1S/C21H27N3O3/c1-14-20(16-10-11-17(26-2)18(13-16)27-3)21(24-23-14)22-19(25)12-9-15-7-5-4-6-8-15/h4-8,10-11,13-14,20-21,23-24H,9,12H2,1-3H3,(H,22,25). The molecule has 0 radical (unpaired) electrons. The van der Waals surface area contributed by atoms with E-state index in [-0.39, 0.29) is 24.0 Å². The maximum atomic E-state index is 12.5. The lowest BCUT2D eigenvalue weighted by Gasteiger charge is -2.23. The van der Waals surface area contributed by atoms with E-state index in [1.54, 1.807) is 14.2 Å². The predicted octanol–water partition coefficient (Wildman–Crippen LogP) is 2.36. The monoisotopic (exact) mass is 369 g/mol. The first-order valence-corrected chi connectivity index (χ1v) is 9.18. The fraction of sp³-hybridized carbons (Fsp3) is 0.381. The topological polar surface area (TPSA) is 71.6 Å². The van der Waals surface area contributed by atoms with E-state index < -0.39 is 0 Å². The van der Waals surface area contributed by atoms with Gasteiger partial charge >= 0.3 is 0 Å². The summed E-state index contributed by atoms with van der Waals surface area (Å²) in [6.45, 7) is 2.09. The Balaban J connectivity index is 1.67. The summed E-state index contributed by atoms with van der Waals surface area (Å²) >= 11 is 0. The first-order chi connectivity index (χ1) is 13.1. The molecule has 0 aliphatic carbocycles. The minimum atomic E-state index is -0.193. The lowest BCUT2D eigenvalue weighted by Crippen LogP contribution is -2.46. The Labute approximate surface area is 160 Å². The van der Waals surface area contributed by atoms with Gasteiger partial charge < -0.3 is 14.8 Å². The minimum Gasteiger partial charge on any atom is -0.493 e. The molecule has 0 bridgehead atoms. The van der Waals surface area contributed by atoms with Crippen LogP contribution in [0.5, 0.6) is 11.5 Å². The number of carbonyl (C=O) groups is 1. The number of ether oxygens (including phenoxy) is 2. The molecule has 1 heterocycles. The van der Waals surface area contributed by atoms with Crippen molar-refractivity contribution in [1.82, 2.24) is 16.2 Å². The normalized spacial score (nSPS) is 21.7. The van der Waals surface area contributed by atoms with E-state index >= 15 is 0 Å². The van der Waals surface area contributed by atoms with Crippen LogP contribution in [0.1, 0.15) is 30.4 Å². The predicted molar refractivity (Wildman–Crippen MR) is 105 cm³/mol. The van der Waals surface area contributed by atoms with Crippen molar-refractivity contribution in [2.24, 2.45) is 0 Å². The van der Waals surface area contributed by atoms with Gasteiger partial charge in [0.05, 0.1) is 14.2 Å². The van der Waals surface area contributed by atoms with Gasteiger partial charge in [0.15, 0.2) is 11.5 Å². The van der Waals surface area contributed by atoms with Crippen molar-refractivity contribution in [2.75, 3.05) is 14.2 Å². The SMILES string of the molecule is COc1ccc(C2C(C)NNC2NC(=O)CCc2ccccc2)cc1OC. The highest BCUT2D eigenvalue weighted by Crippen LogP contribution is 2.34. The first-order valence-electron chi connectivity index (χ1n) is 9.18. The molecule has 3 N–H and O–H groups in total. The van der Waals surface area contributed by atoms with Crippen LogP contribution in [0.4, 0.5) is 0 Å². The van der Waals surface area contributed by atoms with Gasteiger partial charge in [0.2, 0.25) is 5.91 Å². The van der Waals surface area contributed by atoms with Gasteiger partial charge in [-0.2, -0.15) is 0 Å². The number of benzene rings is 2. The molecule has 0 spiro atoms. The molecule has 1 aliphatic rings. The summed E-state index contributed by atoms with van der Waals surface area (Å²) in [6, 6.07) is 16.1. The number of hydrazine groups is 1. The minimum absolute atomic E-state index is 0.0257. The average molecular weight is 369 g/mol. The smallest absolute Gasteiger partial charge is 0.221 e. The fourth-order valence-corrected chi connectivity index (χ4v) is 3.50. The van der Waals surface area contributed by atoms with E-state index in [0.717, 1.165) is 17.5 Å². The van der Waals surface area contributed by atoms with Crippen molar-refractivity contribution in [1.29, 1.82) is 0 Å². The van der Waals surface area contributed by atoms with Crippen LogP contribution in [0.25, 0.3) is 0 Å². The fourth-order valence-electron chi connectivity index (χ4n) is 3.50. The third-order valence-corrected chi connectivity index (χ3v) is 4.96. The van der Waals surface area contributed by atoms with Crippen molar-refractivity contribution < 1.29 is 14.3 Å². The molecule has 3 atom stereocenters. The maximum absolute atomic E-state index is 12.5. The van der Waals surface area contributed by atoms with Crippen molar-refractivity contribution in [3.63, 3.8) is 0 Å². The average Bonchev–Trinajstić information content (AvgIpc) is 3.06. The van der Waals surface area contributed by atoms with Crippen molar-refractivity contribution in [3.05, 3.63) is 59.7 Å². The molecule has 1 aliphatic heterocycles. The van der Waals surface area contributed by atoms with Crippen molar-refractivity contribution in [3.8, 4) is 11.5 Å². The van der Waals surface area contributed by atoms with Gasteiger partial charge in [-0.1, -0.05) is 36.4 Å². The van der Waals surface area contributed by atoms with Gasteiger partial charge in [0.25, 0.3) is 0 Å². The molecule has 2 aromatic carbocycles. The summed E-state index contributed by atoms with van der Waals surface area (Å²) in [7, 11) is 3.24. The molecule has 6 nitrogen and oxygen atoms in total. The molecule has 1 saturated heterocycles. The van der Waals surface area contributed by atoms with E-state index in [4.69, 9.17) is 9.47 Å². The molecule has 0 aromatic heterocycles. The van der Waals surface area contributed by atoms with Gasteiger partial charge in [0, 0.05) is 18.4 Å². The molecule has 0 saturated carbocycles. The molecule has 3 rings (SSSR count). The molecule has 144 valence electrons. The summed E-state index contributed by atoms with van der Waals surface area (Å²) in [5.41, 5.74) is 8.66. The highest BCUT2D eigenvalue weighted by atomic mass is 16.5. The maximum Gasteiger partial charge on any atom is 0.221 e. The quantitative estimate of drug-likeness (QED) is 0.699. The number of nitrogens with one attached hydrogen (secondary N) is 3. The molecule has 1 fully saturated rings. The number of carbonyl (C=O) groups excluding carboxylic acids is 1. The van der Waals surface area contributed by atoms with Crippen LogP contribution in [-0.2, 0) is 11.2 Å². The Morgan fingerprint density at radius 1 is 1.04 bits per heavy atom. The van der Waals surface area contributed by atoms with Crippen LogP contribution in [0.3, 0.4) is 0 Å². The Morgan fingerprint density at radius 2 is 1.78 bits per heavy atom. The van der Waals surface area contributed by atoms with Crippen LogP contribution in [0.15, 0.2) is 48.5 Å². The van der Waals surface area contributed by atoms with E-state index in [1.807, 2.05) is 48.5 Å². The van der Waals surface area contributed by atoms with Crippen LogP contribution in [0.2, 0.25) is 0 Å². The summed E-state index contributed by atoms with van der Waals surface area (Å²) in [5, 5.41) is 3.11. The molecule has 2 aromatic rings. The summed E-state index contributed by atoms with van der Waals surface area (Å²) in [6.07, 6.45) is 0.986. The number of aryl methyl sites for hydroxylation is 1. The van der Waals surface area contributed by atoms with Gasteiger partial charge in [-0.15, -0.1) is 0 Å². The first kappa shape index (κ1) is 19.2. The number of rotatable bonds is 7. The summed E-state index contributed by atoms with van der Waals surface area (Å²) < 4.78 is 10.7. The van der Waals surface area contributed by atoms with E-state index in [9.17, 15) is 4.79 Å². The zero-order valence-corrected chi connectivity index (χ0v) is 16.0. The van der Waals surface area contributed by atoms with Gasteiger partial charge in [-0.05, 0) is 36.6 Å². The highest BCUT2D eigenvalue weighted by Gasteiger charge is 2.35. The Bertz CT molecular complexity index is 767. The van der Waals surface area contributed by atoms with Crippen molar-refractivity contribution >= 4 is 5.91 Å². The van der Waals surface area contributed by atoms with Crippen molar-refractivity contribution in [2.45, 2.75) is 37.9 Å². The largest absolute Gasteiger partial charge is 0.493 e. The third kappa shape index (κ3) is 4.59. The van der Waals surface area contributed by atoms with Crippen LogP contribution in [-0.4, -0.2) is 32.3 Å². The number of methoxy groups -OCH3 is 2. The molecular formula is C21H27N3O3. The zero-order chi connectivity index (χ0) is 19.2. The van der Waals surface area contributed by atoms with E-state index in [0.29, 0.717) is 17.9 Å².